The van der Waals surface area contributed by atoms with Crippen molar-refractivity contribution in [3.8, 4) is 11.4 Å². The Labute approximate surface area is 197 Å². The Morgan fingerprint density at radius 1 is 1.18 bits per heavy atom. The summed E-state index contributed by atoms with van der Waals surface area (Å²) in [4.78, 5) is 22.6. The number of ether oxygens (including phenoxy) is 1. The van der Waals surface area contributed by atoms with Gasteiger partial charge < -0.3 is 15.0 Å². The fraction of sp³-hybridized carbons (Fsp3) is 0.208. The maximum Gasteiger partial charge on any atom is 0.225 e. The van der Waals surface area contributed by atoms with Gasteiger partial charge in [0.15, 0.2) is 11.5 Å². The van der Waals surface area contributed by atoms with Crippen molar-refractivity contribution in [1.82, 2.24) is 24.6 Å². The topological polar surface area (TPSA) is 110 Å². The highest BCUT2D eigenvalue weighted by Crippen LogP contribution is 2.23. The van der Waals surface area contributed by atoms with Crippen LogP contribution in [-0.2, 0) is 4.79 Å². The lowest BCUT2D eigenvalue weighted by Gasteiger charge is -2.09. The molecule has 174 valence electrons. The van der Waals surface area contributed by atoms with Crippen molar-refractivity contribution in [1.29, 1.82) is 0 Å². The number of hydrogen-bond donors (Lipinski definition) is 2. The van der Waals surface area contributed by atoms with E-state index < -0.39 is 0 Å². The average Bonchev–Trinajstić information content (AvgIpc) is 3.29. The summed E-state index contributed by atoms with van der Waals surface area (Å²) in [6.45, 7) is 0.705. The van der Waals surface area contributed by atoms with E-state index in [0.717, 1.165) is 28.1 Å². The van der Waals surface area contributed by atoms with Gasteiger partial charge in [-0.15, -0.1) is 0 Å². The Hall–Kier alpha value is -4.31. The lowest BCUT2D eigenvalue weighted by Crippen LogP contribution is -2.20. The highest BCUT2D eigenvalue weighted by molar-refractivity contribution is 5.91. The molecule has 0 atom stereocenters. The Morgan fingerprint density at radius 3 is 2.76 bits per heavy atom. The van der Waals surface area contributed by atoms with E-state index in [1.165, 1.54) is 6.33 Å². The second-order valence-corrected chi connectivity index (χ2v) is 7.81. The monoisotopic (exact) mass is 458 g/mol. The quantitative estimate of drug-likeness (QED) is 0.293. The standard InChI is InChI=1S/C24H26N8O2/c1-31(2)12-11-22(33)29-18-9-7-17(8-10-18)14-27-30-23-21-15-28-32(24(21)26-16-25-23)19-5-4-6-20(13-19)34-3/h4-10,13-16H,11-12H2,1-3H3,(H,29,33)(H,25,26,30)/b27-14+. The normalized spacial score (nSPS) is 11.3. The van der Waals surface area contributed by atoms with Crippen LogP contribution in [0.15, 0.2) is 66.2 Å². The van der Waals surface area contributed by atoms with Crippen LogP contribution in [0.25, 0.3) is 16.7 Å². The minimum atomic E-state index is -0.0148. The minimum absolute atomic E-state index is 0.0148. The lowest BCUT2D eigenvalue weighted by molar-refractivity contribution is -0.116. The average molecular weight is 459 g/mol. The fourth-order valence-electron chi connectivity index (χ4n) is 3.23. The van der Waals surface area contributed by atoms with Crippen LogP contribution in [-0.4, -0.2) is 64.5 Å². The number of benzene rings is 2. The van der Waals surface area contributed by atoms with E-state index in [1.54, 1.807) is 24.2 Å². The highest BCUT2D eigenvalue weighted by atomic mass is 16.5. The first-order valence-electron chi connectivity index (χ1n) is 10.7. The summed E-state index contributed by atoms with van der Waals surface area (Å²) in [6.07, 6.45) is 5.28. The first kappa shape index (κ1) is 22.9. The van der Waals surface area contributed by atoms with Gasteiger partial charge in [0.05, 0.1) is 30.6 Å². The van der Waals surface area contributed by atoms with Gasteiger partial charge in [-0.25, -0.2) is 14.6 Å². The van der Waals surface area contributed by atoms with Gasteiger partial charge in [0, 0.05) is 24.7 Å². The molecule has 0 aliphatic carbocycles. The van der Waals surface area contributed by atoms with Crippen LogP contribution in [0.2, 0.25) is 0 Å². The number of amides is 1. The number of methoxy groups -OCH3 is 1. The third kappa shape index (κ3) is 5.54. The van der Waals surface area contributed by atoms with Crippen molar-refractivity contribution in [2.24, 2.45) is 5.10 Å². The van der Waals surface area contributed by atoms with Gasteiger partial charge in [-0.1, -0.05) is 18.2 Å². The van der Waals surface area contributed by atoms with E-state index in [-0.39, 0.29) is 5.91 Å². The summed E-state index contributed by atoms with van der Waals surface area (Å²) < 4.78 is 7.02. The Bertz CT molecular complexity index is 1300. The van der Waals surface area contributed by atoms with Crippen molar-refractivity contribution in [3.63, 3.8) is 0 Å². The molecule has 0 bridgehead atoms. The number of hydrazone groups is 1. The molecule has 2 heterocycles. The molecule has 2 aromatic heterocycles. The molecule has 0 unspecified atom stereocenters. The van der Waals surface area contributed by atoms with Crippen LogP contribution < -0.4 is 15.5 Å². The summed E-state index contributed by atoms with van der Waals surface area (Å²) in [6, 6.07) is 15.0. The summed E-state index contributed by atoms with van der Waals surface area (Å²) in [5.74, 6) is 1.26. The molecule has 34 heavy (non-hydrogen) atoms. The van der Waals surface area contributed by atoms with Gasteiger partial charge >= 0.3 is 0 Å². The second kappa shape index (κ2) is 10.5. The van der Waals surface area contributed by atoms with Gasteiger partial charge in [0.25, 0.3) is 0 Å². The molecule has 0 spiro atoms. The van der Waals surface area contributed by atoms with Crippen molar-refractivity contribution in [2.45, 2.75) is 6.42 Å². The number of carbonyl (C=O) groups is 1. The van der Waals surface area contributed by atoms with Gasteiger partial charge in [0.2, 0.25) is 5.91 Å². The predicted octanol–water partition coefficient (Wildman–Crippen LogP) is 3.16. The molecule has 0 aliphatic heterocycles. The summed E-state index contributed by atoms with van der Waals surface area (Å²) >= 11 is 0. The van der Waals surface area contributed by atoms with E-state index in [4.69, 9.17) is 4.74 Å². The summed E-state index contributed by atoms with van der Waals surface area (Å²) in [5.41, 5.74) is 6.06. The fourth-order valence-corrected chi connectivity index (χ4v) is 3.23. The van der Waals surface area contributed by atoms with Crippen molar-refractivity contribution in [2.75, 3.05) is 38.5 Å². The molecule has 2 aromatic carbocycles. The van der Waals surface area contributed by atoms with E-state index in [2.05, 4.69) is 30.9 Å². The smallest absolute Gasteiger partial charge is 0.225 e. The summed E-state index contributed by atoms with van der Waals surface area (Å²) in [5, 5.41) is 12.4. The SMILES string of the molecule is COc1cccc(-n2ncc3c(N/N=C/c4ccc(NC(=O)CCN(C)C)cc4)ncnc32)c1. The van der Waals surface area contributed by atoms with Crippen LogP contribution in [0.3, 0.4) is 0 Å². The molecule has 4 aromatic rings. The maximum atomic E-state index is 12.0. The zero-order valence-electron chi connectivity index (χ0n) is 19.3. The third-order valence-electron chi connectivity index (χ3n) is 5.03. The number of aromatic nitrogens is 4. The van der Waals surface area contributed by atoms with Crippen LogP contribution in [0.5, 0.6) is 5.75 Å². The number of nitrogens with one attached hydrogen (secondary N) is 2. The van der Waals surface area contributed by atoms with Crippen LogP contribution in [0.4, 0.5) is 11.5 Å². The molecule has 0 aliphatic rings. The molecular formula is C24H26N8O2. The van der Waals surface area contributed by atoms with Gasteiger partial charge in [-0.3, -0.25) is 10.2 Å². The Morgan fingerprint density at radius 2 is 2.00 bits per heavy atom. The molecule has 0 saturated carbocycles. The van der Waals surface area contributed by atoms with E-state index in [0.29, 0.717) is 24.4 Å². The van der Waals surface area contributed by atoms with E-state index in [9.17, 15) is 4.79 Å². The number of anilines is 2. The van der Waals surface area contributed by atoms with Crippen molar-refractivity contribution < 1.29 is 9.53 Å². The number of rotatable bonds is 9. The number of nitrogens with zero attached hydrogens (tertiary/aromatic N) is 6. The van der Waals surface area contributed by atoms with Crippen molar-refractivity contribution in [3.05, 3.63) is 66.6 Å². The van der Waals surface area contributed by atoms with E-state index >= 15 is 0 Å². The van der Waals surface area contributed by atoms with Crippen LogP contribution in [0.1, 0.15) is 12.0 Å². The number of hydrogen-bond acceptors (Lipinski definition) is 8. The van der Waals surface area contributed by atoms with Gasteiger partial charge in [-0.2, -0.15) is 10.2 Å². The zero-order chi connectivity index (χ0) is 23.9. The Kier molecular flexibility index (Phi) is 7.09. The molecule has 0 saturated heterocycles. The van der Waals surface area contributed by atoms with Crippen LogP contribution in [0, 0.1) is 0 Å². The third-order valence-corrected chi connectivity index (χ3v) is 5.03. The molecule has 10 nitrogen and oxygen atoms in total. The largest absolute Gasteiger partial charge is 0.497 e. The molecular weight excluding hydrogens is 432 g/mol. The second-order valence-electron chi connectivity index (χ2n) is 7.81. The Balaban J connectivity index is 1.43. The van der Waals surface area contributed by atoms with Crippen LogP contribution >= 0.6 is 0 Å². The molecule has 2 N–H and O–H groups in total. The number of carbonyl (C=O) groups excluding carboxylic acids is 1. The van der Waals surface area contributed by atoms with Gasteiger partial charge in [0.1, 0.15) is 12.1 Å². The van der Waals surface area contributed by atoms with Crippen molar-refractivity contribution >= 4 is 34.7 Å². The molecule has 0 radical (unpaired) electrons. The minimum Gasteiger partial charge on any atom is -0.497 e. The first-order valence-corrected chi connectivity index (χ1v) is 10.7. The molecule has 0 fully saturated rings. The molecule has 1 amide bonds. The zero-order valence-corrected chi connectivity index (χ0v) is 19.3. The maximum absolute atomic E-state index is 12.0. The highest BCUT2D eigenvalue weighted by Gasteiger charge is 2.11. The lowest BCUT2D eigenvalue weighted by atomic mass is 10.2. The first-order chi connectivity index (χ1) is 16.5. The molecule has 10 heteroatoms. The molecule has 4 rings (SSSR count). The van der Waals surface area contributed by atoms with E-state index in [1.807, 2.05) is 67.5 Å². The predicted molar refractivity (Wildman–Crippen MR) is 133 cm³/mol. The summed E-state index contributed by atoms with van der Waals surface area (Å²) in [7, 11) is 5.50. The number of fused-ring (bicyclic) bond motifs is 1. The van der Waals surface area contributed by atoms with Gasteiger partial charge in [-0.05, 0) is 43.9 Å².